The van der Waals surface area contributed by atoms with Gasteiger partial charge in [0, 0.05) is 19.4 Å². The molecular weight excluding hydrogens is 332 g/mol. The predicted molar refractivity (Wildman–Crippen MR) is 88.9 cm³/mol. The van der Waals surface area contributed by atoms with Crippen LogP contribution >= 0.6 is 0 Å². The van der Waals surface area contributed by atoms with Crippen molar-refractivity contribution < 1.29 is 33.8 Å². The Morgan fingerprint density at radius 3 is 2.12 bits per heavy atom. The van der Waals surface area contributed by atoms with E-state index in [-0.39, 0.29) is 37.7 Å². The summed E-state index contributed by atoms with van der Waals surface area (Å²) in [6.07, 6.45) is -0.466. The minimum absolute atomic E-state index is 0.100. The van der Waals surface area contributed by atoms with E-state index in [2.05, 4.69) is 15.4 Å². The van der Waals surface area contributed by atoms with Crippen molar-refractivity contribution in [3.8, 4) is 0 Å². The van der Waals surface area contributed by atoms with Gasteiger partial charge in [-0.1, -0.05) is 0 Å². The second-order valence-corrected chi connectivity index (χ2v) is 6.79. The molecule has 3 N–H and O–H groups in total. The second kappa shape index (κ2) is 9.85. The van der Waals surface area contributed by atoms with Crippen LogP contribution in [0.1, 0.15) is 53.4 Å². The summed E-state index contributed by atoms with van der Waals surface area (Å²) in [5.41, 5.74) is -2.40. The Morgan fingerprint density at radius 2 is 1.64 bits per heavy atom. The van der Waals surface area contributed by atoms with Gasteiger partial charge in [-0.25, -0.2) is 9.59 Å². The van der Waals surface area contributed by atoms with Gasteiger partial charge in [-0.3, -0.25) is 9.59 Å². The van der Waals surface area contributed by atoms with Gasteiger partial charge in [0.15, 0.2) is 0 Å². The van der Waals surface area contributed by atoms with Gasteiger partial charge in [0.1, 0.15) is 11.1 Å². The Morgan fingerprint density at radius 1 is 1.04 bits per heavy atom. The molecule has 1 atom stereocenters. The summed E-state index contributed by atoms with van der Waals surface area (Å²) in [7, 11) is 1.28. The Kier molecular flexibility index (Phi) is 8.94. The number of carbonyl (C=O) groups excluding carboxylic acids is 3. The highest BCUT2D eigenvalue weighted by Gasteiger charge is 2.36. The average Bonchev–Trinajstić information content (AvgIpc) is 2.47. The smallest absolute Gasteiger partial charge is 0.408 e. The average molecular weight is 360 g/mol. The molecule has 0 aliphatic rings. The molecule has 9 nitrogen and oxygen atoms in total. The fourth-order valence-electron chi connectivity index (χ4n) is 1.77. The molecule has 0 aromatic carbocycles. The fraction of sp³-hybridized carbons (Fsp3) is 0.750. The molecule has 0 aromatic heterocycles. The lowest BCUT2D eigenvalue weighted by Crippen LogP contribution is -2.53. The van der Waals surface area contributed by atoms with Gasteiger partial charge in [0.05, 0.1) is 7.11 Å². The number of carboxylic acid groups (broad SMARTS) is 1. The summed E-state index contributed by atoms with van der Waals surface area (Å²) < 4.78 is 9.52. The van der Waals surface area contributed by atoms with Crippen LogP contribution in [0.4, 0.5) is 4.79 Å². The zero-order valence-corrected chi connectivity index (χ0v) is 15.4. The molecule has 0 unspecified atom stereocenters. The molecule has 0 rings (SSSR count). The summed E-state index contributed by atoms with van der Waals surface area (Å²) in [4.78, 5) is 46.0. The van der Waals surface area contributed by atoms with Gasteiger partial charge in [-0.05, 0) is 40.5 Å². The number of ether oxygens (including phenoxy) is 2. The third-order valence-corrected chi connectivity index (χ3v) is 3.21. The SMILES string of the molecule is COC(=O)CCCNC(=O)CC[C@](C)(NC(=O)OC(C)(C)C)C(=O)O. The highest BCUT2D eigenvalue weighted by Crippen LogP contribution is 2.15. The molecule has 0 aliphatic heterocycles. The maximum Gasteiger partial charge on any atom is 0.408 e. The number of hydrogen-bond donors (Lipinski definition) is 3. The van der Waals surface area contributed by atoms with E-state index in [1.807, 2.05) is 0 Å². The number of hydrogen-bond acceptors (Lipinski definition) is 6. The van der Waals surface area contributed by atoms with Crippen molar-refractivity contribution in [1.82, 2.24) is 10.6 Å². The number of rotatable bonds is 9. The number of aliphatic carboxylic acids is 1. The number of carbonyl (C=O) groups is 4. The van der Waals surface area contributed by atoms with E-state index < -0.39 is 23.2 Å². The highest BCUT2D eigenvalue weighted by atomic mass is 16.6. The maximum atomic E-state index is 11.8. The van der Waals surface area contributed by atoms with E-state index in [0.29, 0.717) is 6.42 Å². The van der Waals surface area contributed by atoms with Crippen LogP contribution in [0.3, 0.4) is 0 Å². The Balaban J connectivity index is 4.42. The zero-order valence-electron chi connectivity index (χ0n) is 15.4. The van der Waals surface area contributed by atoms with Crippen molar-refractivity contribution >= 4 is 23.9 Å². The molecule has 0 aromatic rings. The number of methoxy groups -OCH3 is 1. The molecule has 0 aliphatic carbocycles. The summed E-state index contributed by atoms with van der Waals surface area (Å²) in [6.45, 7) is 6.56. The highest BCUT2D eigenvalue weighted by molar-refractivity contribution is 5.85. The van der Waals surface area contributed by atoms with Crippen molar-refractivity contribution in [3.63, 3.8) is 0 Å². The van der Waals surface area contributed by atoms with E-state index in [1.165, 1.54) is 14.0 Å². The van der Waals surface area contributed by atoms with Gasteiger partial charge in [0.25, 0.3) is 0 Å². The molecule has 2 amide bonds. The van der Waals surface area contributed by atoms with E-state index in [9.17, 15) is 24.3 Å². The standard InChI is InChI=1S/C16H28N2O7/c1-15(2,3)25-14(23)18-16(4,13(21)22)9-8-11(19)17-10-6-7-12(20)24-5/h6-10H2,1-5H3,(H,17,19)(H,18,23)(H,21,22)/t16-/m0/s1. The van der Waals surface area contributed by atoms with Gasteiger partial charge in [-0.2, -0.15) is 0 Å². The molecule has 9 heteroatoms. The van der Waals surface area contributed by atoms with Gasteiger partial charge >= 0.3 is 18.0 Å². The van der Waals surface area contributed by atoms with Crippen molar-refractivity contribution in [1.29, 1.82) is 0 Å². The molecule has 0 radical (unpaired) electrons. The Bertz CT molecular complexity index is 499. The number of carboxylic acids is 1. The maximum absolute atomic E-state index is 11.8. The Hall–Kier alpha value is -2.32. The quantitative estimate of drug-likeness (QED) is 0.416. The second-order valence-electron chi connectivity index (χ2n) is 6.79. The molecule has 0 spiro atoms. The minimum atomic E-state index is -1.63. The largest absolute Gasteiger partial charge is 0.480 e. The van der Waals surface area contributed by atoms with Crippen LogP contribution in [0.25, 0.3) is 0 Å². The Labute approximate surface area is 147 Å². The van der Waals surface area contributed by atoms with E-state index in [1.54, 1.807) is 20.8 Å². The molecule has 0 fully saturated rings. The number of amides is 2. The molecule has 25 heavy (non-hydrogen) atoms. The van der Waals surface area contributed by atoms with Crippen LogP contribution in [0, 0.1) is 0 Å². The molecule has 0 heterocycles. The first kappa shape index (κ1) is 22.7. The van der Waals surface area contributed by atoms with Gasteiger partial charge < -0.3 is 25.2 Å². The number of alkyl carbamates (subject to hydrolysis) is 1. The fourth-order valence-corrected chi connectivity index (χ4v) is 1.77. The minimum Gasteiger partial charge on any atom is -0.480 e. The zero-order chi connectivity index (χ0) is 19.7. The van der Waals surface area contributed by atoms with Crippen LogP contribution in [-0.2, 0) is 23.9 Å². The number of esters is 1. The molecule has 0 saturated heterocycles. The molecule has 0 saturated carbocycles. The lowest BCUT2D eigenvalue weighted by molar-refractivity contribution is -0.144. The molecular formula is C16H28N2O7. The van der Waals surface area contributed by atoms with Crippen molar-refractivity contribution in [2.75, 3.05) is 13.7 Å². The third-order valence-electron chi connectivity index (χ3n) is 3.21. The first-order valence-corrected chi connectivity index (χ1v) is 7.97. The topological polar surface area (TPSA) is 131 Å². The van der Waals surface area contributed by atoms with Crippen LogP contribution in [0.15, 0.2) is 0 Å². The van der Waals surface area contributed by atoms with E-state index in [0.717, 1.165) is 0 Å². The summed E-state index contributed by atoms with van der Waals surface area (Å²) >= 11 is 0. The summed E-state index contributed by atoms with van der Waals surface area (Å²) in [6, 6.07) is 0. The normalized spacial score (nSPS) is 13.3. The number of nitrogens with one attached hydrogen (secondary N) is 2. The van der Waals surface area contributed by atoms with Crippen molar-refractivity contribution in [2.45, 2.75) is 64.5 Å². The van der Waals surface area contributed by atoms with Gasteiger partial charge in [0.2, 0.25) is 5.91 Å². The van der Waals surface area contributed by atoms with Crippen LogP contribution in [0.2, 0.25) is 0 Å². The van der Waals surface area contributed by atoms with Crippen LogP contribution < -0.4 is 10.6 Å². The lowest BCUT2D eigenvalue weighted by Gasteiger charge is -2.28. The first-order valence-electron chi connectivity index (χ1n) is 7.97. The van der Waals surface area contributed by atoms with Crippen LogP contribution in [0.5, 0.6) is 0 Å². The first-order chi connectivity index (χ1) is 11.4. The van der Waals surface area contributed by atoms with E-state index >= 15 is 0 Å². The monoisotopic (exact) mass is 360 g/mol. The van der Waals surface area contributed by atoms with Gasteiger partial charge in [-0.15, -0.1) is 0 Å². The predicted octanol–water partition coefficient (Wildman–Crippen LogP) is 1.20. The lowest BCUT2D eigenvalue weighted by atomic mass is 9.96. The summed E-state index contributed by atoms with van der Waals surface area (Å²) in [5.74, 6) is -2.01. The van der Waals surface area contributed by atoms with Crippen molar-refractivity contribution in [2.24, 2.45) is 0 Å². The van der Waals surface area contributed by atoms with Crippen LogP contribution in [-0.4, -0.2) is 53.8 Å². The van der Waals surface area contributed by atoms with E-state index in [4.69, 9.17) is 4.74 Å². The molecule has 144 valence electrons. The van der Waals surface area contributed by atoms with Crippen molar-refractivity contribution in [3.05, 3.63) is 0 Å². The third kappa shape index (κ3) is 10.2. The molecule has 0 bridgehead atoms. The summed E-state index contributed by atoms with van der Waals surface area (Å²) in [5, 5.41) is 14.2.